The van der Waals surface area contributed by atoms with Crippen LogP contribution >= 0.6 is 31.9 Å². The number of ether oxygens (including phenoxy) is 1. The van der Waals surface area contributed by atoms with E-state index in [2.05, 4.69) is 37.2 Å². The SMILES string of the molecule is COc1cc(/C=C(\C#N)C(=O)Nc2ccccc2Br)cc(Br)c1OS(=O)(=O)c1ccc(C)cc1. The largest absolute Gasteiger partial charge is 0.493 e. The van der Waals surface area contributed by atoms with Gasteiger partial charge in [-0.05, 0) is 86.8 Å². The van der Waals surface area contributed by atoms with Crippen molar-refractivity contribution in [1.29, 1.82) is 5.26 Å². The monoisotopic (exact) mass is 604 g/mol. The summed E-state index contributed by atoms with van der Waals surface area (Å²) in [4.78, 5) is 12.6. The van der Waals surface area contributed by atoms with Crippen molar-refractivity contribution in [2.75, 3.05) is 12.4 Å². The first-order valence-corrected chi connectivity index (χ1v) is 12.7. The Bertz CT molecular complexity index is 1410. The van der Waals surface area contributed by atoms with E-state index in [4.69, 9.17) is 8.92 Å². The van der Waals surface area contributed by atoms with E-state index >= 15 is 0 Å². The lowest BCUT2D eigenvalue weighted by Crippen LogP contribution is -2.13. The summed E-state index contributed by atoms with van der Waals surface area (Å²) in [6.45, 7) is 1.84. The summed E-state index contributed by atoms with van der Waals surface area (Å²) >= 11 is 6.64. The Hall–Kier alpha value is -3.13. The lowest BCUT2D eigenvalue weighted by Gasteiger charge is -2.14. The molecular formula is C24H18Br2N2O5S. The van der Waals surface area contributed by atoms with Gasteiger partial charge in [0.1, 0.15) is 16.5 Å². The molecule has 0 unspecified atom stereocenters. The summed E-state index contributed by atoms with van der Waals surface area (Å²) in [6, 6.07) is 18.1. The molecule has 7 nitrogen and oxygen atoms in total. The van der Waals surface area contributed by atoms with Crippen molar-refractivity contribution >= 4 is 59.6 Å². The first-order chi connectivity index (χ1) is 16.1. The second-order valence-corrected chi connectivity index (χ2v) is 10.2. The summed E-state index contributed by atoms with van der Waals surface area (Å²) in [7, 11) is -2.77. The first-order valence-electron chi connectivity index (χ1n) is 9.71. The number of carbonyl (C=O) groups is 1. The zero-order valence-corrected chi connectivity index (χ0v) is 22.0. The van der Waals surface area contributed by atoms with E-state index in [9.17, 15) is 18.5 Å². The van der Waals surface area contributed by atoms with E-state index in [0.29, 0.717) is 15.7 Å². The Morgan fingerprint density at radius 2 is 1.74 bits per heavy atom. The predicted molar refractivity (Wildman–Crippen MR) is 136 cm³/mol. The van der Waals surface area contributed by atoms with E-state index in [0.717, 1.165) is 5.56 Å². The van der Waals surface area contributed by atoms with Crippen molar-refractivity contribution in [3.8, 4) is 17.6 Å². The molecule has 0 saturated carbocycles. The number of nitriles is 1. The highest BCUT2D eigenvalue weighted by Crippen LogP contribution is 2.39. The fourth-order valence-corrected chi connectivity index (χ4v) is 4.82. The van der Waals surface area contributed by atoms with E-state index < -0.39 is 16.0 Å². The third kappa shape index (κ3) is 6.05. The van der Waals surface area contributed by atoms with E-state index in [-0.39, 0.29) is 26.4 Å². The van der Waals surface area contributed by atoms with Gasteiger partial charge < -0.3 is 14.2 Å². The van der Waals surface area contributed by atoms with Crippen LogP contribution in [0.2, 0.25) is 0 Å². The van der Waals surface area contributed by atoms with Crippen LogP contribution in [0.5, 0.6) is 11.5 Å². The Labute approximate surface area is 214 Å². The molecule has 0 aliphatic heterocycles. The second-order valence-electron chi connectivity index (χ2n) is 6.99. The van der Waals surface area contributed by atoms with Crippen LogP contribution in [0.15, 0.2) is 80.1 Å². The van der Waals surface area contributed by atoms with Gasteiger partial charge in [-0.25, -0.2) is 0 Å². The van der Waals surface area contributed by atoms with Crippen LogP contribution in [0.1, 0.15) is 11.1 Å². The predicted octanol–water partition coefficient (Wildman–Crippen LogP) is 5.84. The van der Waals surface area contributed by atoms with Crippen LogP contribution in [0.4, 0.5) is 5.69 Å². The molecule has 1 amide bonds. The fraction of sp³-hybridized carbons (Fsp3) is 0.0833. The van der Waals surface area contributed by atoms with Crippen molar-refractivity contribution < 1.29 is 22.1 Å². The van der Waals surface area contributed by atoms with Gasteiger partial charge >= 0.3 is 10.1 Å². The van der Waals surface area contributed by atoms with Crippen molar-refractivity contribution in [3.63, 3.8) is 0 Å². The Kier molecular flexibility index (Phi) is 8.15. The molecule has 0 spiro atoms. The number of anilines is 1. The minimum Gasteiger partial charge on any atom is -0.493 e. The molecule has 0 atom stereocenters. The Morgan fingerprint density at radius 3 is 2.35 bits per heavy atom. The Morgan fingerprint density at radius 1 is 1.06 bits per heavy atom. The number of rotatable bonds is 7. The van der Waals surface area contributed by atoms with Gasteiger partial charge in [-0.15, -0.1) is 0 Å². The van der Waals surface area contributed by atoms with Crippen LogP contribution in [0.3, 0.4) is 0 Å². The number of para-hydroxylation sites is 1. The molecule has 0 aromatic heterocycles. The number of nitrogens with zero attached hydrogens (tertiary/aromatic N) is 1. The highest BCUT2D eigenvalue weighted by Gasteiger charge is 2.22. The smallest absolute Gasteiger partial charge is 0.339 e. The van der Waals surface area contributed by atoms with Gasteiger partial charge in [-0.2, -0.15) is 13.7 Å². The molecule has 10 heteroatoms. The molecule has 3 aromatic rings. The van der Waals surface area contributed by atoms with E-state index in [1.54, 1.807) is 36.4 Å². The van der Waals surface area contributed by atoms with Crippen LogP contribution in [0.25, 0.3) is 6.08 Å². The number of amides is 1. The number of carbonyl (C=O) groups excluding carboxylic acids is 1. The molecule has 0 saturated heterocycles. The number of nitrogens with one attached hydrogen (secondary N) is 1. The molecule has 0 radical (unpaired) electrons. The fourth-order valence-electron chi connectivity index (χ4n) is 2.83. The van der Waals surface area contributed by atoms with Gasteiger partial charge in [-0.3, -0.25) is 4.79 Å². The molecule has 3 aromatic carbocycles. The number of hydrogen-bond acceptors (Lipinski definition) is 6. The molecule has 3 rings (SSSR count). The third-order valence-electron chi connectivity index (χ3n) is 4.55. The van der Waals surface area contributed by atoms with Gasteiger partial charge in [0.25, 0.3) is 5.91 Å². The summed E-state index contributed by atoms with van der Waals surface area (Å²) < 4.78 is 37.0. The van der Waals surface area contributed by atoms with E-state index in [1.807, 2.05) is 13.0 Å². The maximum absolute atomic E-state index is 12.7. The average molecular weight is 606 g/mol. The molecule has 1 N–H and O–H groups in total. The maximum Gasteiger partial charge on any atom is 0.339 e. The van der Waals surface area contributed by atoms with Gasteiger partial charge in [0.05, 0.1) is 17.3 Å². The molecular weight excluding hydrogens is 588 g/mol. The van der Waals surface area contributed by atoms with Gasteiger partial charge in [0.2, 0.25) is 0 Å². The number of aryl methyl sites for hydroxylation is 1. The zero-order chi connectivity index (χ0) is 24.9. The second kappa shape index (κ2) is 10.9. The van der Waals surface area contributed by atoms with Gasteiger partial charge in [0.15, 0.2) is 11.5 Å². The summed E-state index contributed by atoms with van der Waals surface area (Å²) in [5.74, 6) is -0.567. The summed E-state index contributed by atoms with van der Waals surface area (Å²) in [5, 5.41) is 12.2. The van der Waals surface area contributed by atoms with Crippen LogP contribution < -0.4 is 14.2 Å². The van der Waals surface area contributed by atoms with Gasteiger partial charge in [-0.1, -0.05) is 29.8 Å². The summed E-state index contributed by atoms with van der Waals surface area (Å²) in [5.41, 5.74) is 1.68. The van der Waals surface area contributed by atoms with Crippen molar-refractivity contribution in [2.45, 2.75) is 11.8 Å². The van der Waals surface area contributed by atoms with Crippen molar-refractivity contribution in [1.82, 2.24) is 0 Å². The normalized spacial score (nSPS) is 11.4. The standard InChI is InChI=1S/C24H18Br2N2O5S/c1-15-7-9-18(10-8-15)34(30,31)33-23-20(26)12-16(13-22(23)32-2)11-17(14-27)24(29)28-21-6-4-3-5-19(21)25/h3-13H,1-2H3,(H,28,29)/b17-11+. The molecule has 0 bridgehead atoms. The van der Waals surface area contributed by atoms with Crippen LogP contribution in [-0.2, 0) is 14.9 Å². The summed E-state index contributed by atoms with van der Waals surface area (Å²) in [6.07, 6.45) is 1.36. The quantitative estimate of drug-likeness (QED) is 0.206. The van der Waals surface area contributed by atoms with E-state index in [1.165, 1.54) is 37.5 Å². The Balaban J connectivity index is 1.92. The third-order valence-corrected chi connectivity index (χ3v) is 7.07. The highest BCUT2D eigenvalue weighted by atomic mass is 79.9. The molecule has 0 heterocycles. The molecule has 0 fully saturated rings. The minimum absolute atomic E-state index is 0.00784. The highest BCUT2D eigenvalue weighted by molar-refractivity contribution is 9.11. The average Bonchev–Trinajstić information content (AvgIpc) is 2.80. The van der Waals surface area contributed by atoms with Crippen molar-refractivity contribution in [3.05, 3.63) is 86.3 Å². The lowest BCUT2D eigenvalue weighted by molar-refractivity contribution is -0.112. The number of methoxy groups -OCH3 is 1. The minimum atomic E-state index is -4.12. The molecule has 0 aliphatic carbocycles. The zero-order valence-electron chi connectivity index (χ0n) is 18.0. The van der Waals surface area contributed by atoms with Crippen LogP contribution in [-0.4, -0.2) is 21.4 Å². The molecule has 174 valence electrons. The maximum atomic E-state index is 12.7. The van der Waals surface area contributed by atoms with Gasteiger partial charge in [0, 0.05) is 4.47 Å². The molecule has 34 heavy (non-hydrogen) atoms. The number of benzene rings is 3. The number of halogens is 2. The molecule has 0 aliphatic rings. The first kappa shape index (κ1) is 25.5. The lowest BCUT2D eigenvalue weighted by atomic mass is 10.1. The van der Waals surface area contributed by atoms with Crippen molar-refractivity contribution in [2.24, 2.45) is 0 Å². The topological polar surface area (TPSA) is 105 Å². The number of hydrogen-bond donors (Lipinski definition) is 1. The van der Waals surface area contributed by atoms with Crippen LogP contribution in [0, 0.1) is 18.3 Å².